The molecule has 0 aliphatic heterocycles. The number of nitrogens with zero attached hydrogens (tertiary/aromatic N) is 2. The van der Waals surface area contributed by atoms with Crippen molar-refractivity contribution < 1.29 is 19.8 Å². The molecular weight excluding hydrogens is 294 g/mol. The largest absolute Gasteiger partial charge is 0.507 e. The van der Waals surface area contributed by atoms with E-state index in [1.54, 1.807) is 6.07 Å². The molecule has 0 aromatic heterocycles. The minimum absolute atomic E-state index is 0.107. The lowest BCUT2D eigenvalue weighted by Gasteiger charge is -2.30. The van der Waals surface area contributed by atoms with Gasteiger partial charge in [-0.3, -0.25) is 0 Å². The van der Waals surface area contributed by atoms with Crippen molar-refractivity contribution in [2.75, 3.05) is 59.7 Å². The fourth-order valence-corrected chi connectivity index (χ4v) is 2.54. The number of aromatic hydroxyl groups is 1. The maximum atomic E-state index is 9.72. The summed E-state index contributed by atoms with van der Waals surface area (Å²) < 4.78 is 0.996. The van der Waals surface area contributed by atoms with Crippen LogP contribution in [-0.4, -0.2) is 79.1 Å². The van der Waals surface area contributed by atoms with Crippen LogP contribution in [0, 0.1) is 0 Å². The van der Waals surface area contributed by atoms with Crippen molar-refractivity contribution >= 4 is 5.69 Å². The van der Waals surface area contributed by atoms with Crippen LogP contribution in [0.1, 0.15) is 24.7 Å². The maximum absolute atomic E-state index is 9.72. The summed E-state index contributed by atoms with van der Waals surface area (Å²) in [5.74, 6) is -0.107. The minimum atomic E-state index is -1.65. The summed E-state index contributed by atoms with van der Waals surface area (Å²) in [6, 6.07) is 4.78. The maximum Gasteiger partial charge on any atom is 0.182 e. The number of hydrogen-bond donors (Lipinski definition) is 4. The first kappa shape index (κ1) is 19.7. The second kappa shape index (κ2) is 9.08. The van der Waals surface area contributed by atoms with E-state index >= 15 is 0 Å². The highest BCUT2D eigenvalue weighted by Crippen LogP contribution is 2.26. The van der Waals surface area contributed by atoms with Crippen LogP contribution in [0.5, 0.6) is 5.75 Å². The topological polar surface area (TPSA) is 76.0 Å². The van der Waals surface area contributed by atoms with Gasteiger partial charge in [-0.15, -0.1) is 0 Å². The van der Waals surface area contributed by atoms with E-state index in [0.29, 0.717) is 0 Å². The Hall–Kier alpha value is -1.34. The van der Waals surface area contributed by atoms with Gasteiger partial charge in [0.15, 0.2) is 6.29 Å². The lowest BCUT2D eigenvalue weighted by atomic mass is 10.1. The van der Waals surface area contributed by atoms with Gasteiger partial charge in [0.1, 0.15) is 5.75 Å². The van der Waals surface area contributed by atoms with Gasteiger partial charge in [0.05, 0.1) is 27.2 Å². The molecule has 0 spiro atoms. The molecule has 0 saturated carbocycles. The van der Waals surface area contributed by atoms with E-state index in [1.807, 2.05) is 0 Å². The van der Waals surface area contributed by atoms with Gasteiger partial charge in [0, 0.05) is 43.2 Å². The van der Waals surface area contributed by atoms with E-state index < -0.39 is 6.29 Å². The van der Waals surface area contributed by atoms with Gasteiger partial charge < -0.3 is 30.0 Å². The molecule has 0 saturated heterocycles. The molecule has 0 amide bonds. The van der Waals surface area contributed by atoms with Gasteiger partial charge >= 0.3 is 0 Å². The molecule has 6 heteroatoms. The number of rotatable bonds is 10. The van der Waals surface area contributed by atoms with Crippen LogP contribution in [0.2, 0.25) is 0 Å². The van der Waals surface area contributed by atoms with Crippen molar-refractivity contribution in [1.82, 2.24) is 4.90 Å². The standard InChI is InChI=1S/C17H31N3O3/c1-19(2)10-6-12-20(3,4)11-5-9-18-14-7-8-15(17(22)23)16(21)13-14/h7-8,13,17-18,22-23H,5-6,9-12H2,1-4H3/p+1. The zero-order valence-corrected chi connectivity index (χ0v) is 14.8. The number of anilines is 1. The zero-order valence-electron chi connectivity index (χ0n) is 14.8. The average molecular weight is 326 g/mol. The molecule has 0 bridgehead atoms. The van der Waals surface area contributed by atoms with E-state index in [0.717, 1.165) is 42.8 Å². The fourth-order valence-electron chi connectivity index (χ4n) is 2.54. The SMILES string of the molecule is CN(C)CCC[N+](C)(C)CCCNc1ccc(C(O)O)c(O)c1. The van der Waals surface area contributed by atoms with E-state index in [9.17, 15) is 5.11 Å². The Balaban J connectivity index is 2.32. The molecular formula is C17H32N3O3+. The second-order valence-corrected chi connectivity index (χ2v) is 6.97. The number of aliphatic hydroxyl groups excluding tert-OH is 1. The number of hydrogen-bond acceptors (Lipinski definition) is 5. The predicted molar refractivity (Wildman–Crippen MR) is 93.4 cm³/mol. The van der Waals surface area contributed by atoms with Crippen molar-refractivity contribution in [3.8, 4) is 5.75 Å². The number of phenolic OH excluding ortho intramolecular Hbond substituents is 1. The van der Waals surface area contributed by atoms with Crippen LogP contribution in [0.3, 0.4) is 0 Å². The molecule has 23 heavy (non-hydrogen) atoms. The smallest absolute Gasteiger partial charge is 0.182 e. The van der Waals surface area contributed by atoms with E-state index in [-0.39, 0.29) is 11.3 Å². The van der Waals surface area contributed by atoms with Crippen molar-refractivity contribution in [3.63, 3.8) is 0 Å². The van der Waals surface area contributed by atoms with Crippen LogP contribution in [0.15, 0.2) is 18.2 Å². The highest BCUT2D eigenvalue weighted by atomic mass is 16.5. The van der Waals surface area contributed by atoms with Crippen LogP contribution < -0.4 is 5.32 Å². The number of phenols is 1. The molecule has 4 N–H and O–H groups in total. The monoisotopic (exact) mass is 326 g/mol. The van der Waals surface area contributed by atoms with E-state index in [1.165, 1.54) is 18.6 Å². The number of quaternary nitrogens is 1. The third-order valence-electron chi connectivity index (χ3n) is 3.95. The summed E-state index contributed by atoms with van der Waals surface area (Å²) in [4.78, 5) is 2.21. The highest BCUT2D eigenvalue weighted by molar-refractivity contribution is 5.51. The summed E-state index contributed by atoms with van der Waals surface area (Å²) in [6.45, 7) is 4.17. The summed E-state index contributed by atoms with van der Waals surface area (Å²) in [5.41, 5.74) is 0.902. The Morgan fingerprint density at radius 2 is 1.78 bits per heavy atom. The highest BCUT2D eigenvalue weighted by Gasteiger charge is 2.14. The molecule has 1 rings (SSSR count). The molecule has 1 aromatic rings. The number of aliphatic hydroxyl groups is 2. The summed E-state index contributed by atoms with van der Waals surface area (Å²) in [7, 11) is 8.69. The lowest BCUT2D eigenvalue weighted by Crippen LogP contribution is -2.42. The minimum Gasteiger partial charge on any atom is -0.507 e. The molecule has 0 radical (unpaired) electrons. The molecule has 6 nitrogen and oxygen atoms in total. The van der Waals surface area contributed by atoms with Gasteiger partial charge in [0.2, 0.25) is 0 Å². The number of benzene rings is 1. The van der Waals surface area contributed by atoms with Crippen LogP contribution >= 0.6 is 0 Å². The molecule has 0 fully saturated rings. The average Bonchev–Trinajstić information content (AvgIpc) is 2.42. The Morgan fingerprint density at radius 1 is 1.13 bits per heavy atom. The fraction of sp³-hybridized carbons (Fsp3) is 0.647. The van der Waals surface area contributed by atoms with E-state index in [2.05, 4.69) is 38.4 Å². The summed E-state index contributed by atoms with van der Waals surface area (Å²) >= 11 is 0. The van der Waals surface area contributed by atoms with Crippen molar-refractivity contribution in [2.45, 2.75) is 19.1 Å². The van der Waals surface area contributed by atoms with Crippen LogP contribution in [0.4, 0.5) is 5.69 Å². The van der Waals surface area contributed by atoms with Crippen LogP contribution in [0.25, 0.3) is 0 Å². The molecule has 0 aliphatic rings. The van der Waals surface area contributed by atoms with Gasteiger partial charge in [-0.25, -0.2) is 0 Å². The molecule has 1 aromatic carbocycles. The van der Waals surface area contributed by atoms with Crippen molar-refractivity contribution in [1.29, 1.82) is 0 Å². The Bertz CT molecular complexity index is 476. The van der Waals surface area contributed by atoms with Crippen molar-refractivity contribution in [3.05, 3.63) is 23.8 Å². The Kier molecular flexibility index (Phi) is 7.78. The first-order valence-corrected chi connectivity index (χ1v) is 8.11. The summed E-state index contributed by atoms with van der Waals surface area (Å²) in [6.07, 6.45) is 0.566. The van der Waals surface area contributed by atoms with Crippen molar-refractivity contribution in [2.24, 2.45) is 0 Å². The normalized spacial score (nSPS) is 12.2. The Labute approximate surface area is 139 Å². The quantitative estimate of drug-likeness (QED) is 0.295. The molecule has 0 unspecified atom stereocenters. The first-order valence-electron chi connectivity index (χ1n) is 8.11. The van der Waals surface area contributed by atoms with Gasteiger partial charge in [-0.05, 0) is 26.2 Å². The first-order chi connectivity index (χ1) is 10.7. The molecule has 0 heterocycles. The predicted octanol–water partition coefficient (Wildman–Crippen LogP) is 1.21. The van der Waals surface area contributed by atoms with Gasteiger partial charge in [0.25, 0.3) is 0 Å². The second-order valence-electron chi connectivity index (χ2n) is 6.97. The lowest BCUT2D eigenvalue weighted by molar-refractivity contribution is -0.890. The van der Waals surface area contributed by atoms with E-state index in [4.69, 9.17) is 10.2 Å². The molecule has 0 atom stereocenters. The molecule has 0 aliphatic carbocycles. The zero-order chi connectivity index (χ0) is 17.5. The number of nitrogens with one attached hydrogen (secondary N) is 1. The van der Waals surface area contributed by atoms with Gasteiger partial charge in [-0.1, -0.05) is 0 Å². The Morgan fingerprint density at radius 3 is 2.35 bits per heavy atom. The van der Waals surface area contributed by atoms with Crippen LogP contribution in [-0.2, 0) is 0 Å². The third-order valence-corrected chi connectivity index (χ3v) is 3.95. The third kappa shape index (κ3) is 7.65. The summed E-state index contributed by atoms with van der Waals surface area (Å²) in [5, 5.41) is 31.1. The van der Waals surface area contributed by atoms with Gasteiger partial charge in [-0.2, -0.15) is 0 Å². The molecule has 132 valence electrons.